The smallest absolute Gasteiger partial charge is 0.256 e. The second kappa shape index (κ2) is 5.56. The highest BCUT2D eigenvalue weighted by atomic mass is 16.3. The third-order valence-electron chi connectivity index (χ3n) is 2.93. The number of rotatable bonds is 4. The summed E-state index contributed by atoms with van der Waals surface area (Å²) in [4.78, 5) is 18.3. The average molecular weight is 259 g/mol. The summed E-state index contributed by atoms with van der Waals surface area (Å²) < 4.78 is 5.27. The highest BCUT2D eigenvalue weighted by Gasteiger charge is 2.18. The Labute approximate surface area is 112 Å². The van der Waals surface area contributed by atoms with Crippen molar-refractivity contribution in [1.29, 1.82) is 0 Å². The fourth-order valence-corrected chi connectivity index (χ4v) is 1.85. The van der Waals surface area contributed by atoms with E-state index < -0.39 is 0 Å². The monoisotopic (exact) mass is 259 g/mol. The number of pyridine rings is 1. The van der Waals surface area contributed by atoms with E-state index in [1.807, 2.05) is 13.0 Å². The van der Waals surface area contributed by atoms with Crippen LogP contribution in [-0.4, -0.2) is 22.3 Å². The Hall–Kier alpha value is -2.30. The molecule has 0 spiro atoms. The van der Waals surface area contributed by atoms with Crippen LogP contribution in [0.25, 0.3) is 0 Å². The molecule has 19 heavy (non-hydrogen) atoms. The minimum Gasteiger partial charge on any atom is -0.467 e. The Balaban J connectivity index is 2.23. The zero-order valence-corrected chi connectivity index (χ0v) is 11.1. The first-order valence-electron chi connectivity index (χ1n) is 6.15. The van der Waals surface area contributed by atoms with Crippen molar-refractivity contribution in [1.82, 2.24) is 9.88 Å². The molecule has 1 amide bonds. The Bertz CT molecular complexity index is 564. The standard InChI is InChI=1S/C14H17N3O2/c1-3-17(9-12-5-4-6-19-12)14(18)13-7-11(15)8-16-10(13)2/h4-8H,3,9,15H2,1-2H3. The molecule has 0 aliphatic rings. The topological polar surface area (TPSA) is 72.4 Å². The van der Waals surface area contributed by atoms with Gasteiger partial charge in [0.15, 0.2) is 0 Å². The molecule has 5 nitrogen and oxygen atoms in total. The zero-order valence-electron chi connectivity index (χ0n) is 11.1. The highest BCUT2D eigenvalue weighted by molar-refractivity contribution is 5.95. The number of hydrogen-bond donors (Lipinski definition) is 1. The van der Waals surface area contributed by atoms with Crippen molar-refractivity contribution in [2.75, 3.05) is 12.3 Å². The fourth-order valence-electron chi connectivity index (χ4n) is 1.85. The van der Waals surface area contributed by atoms with Crippen LogP contribution in [0.15, 0.2) is 35.1 Å². The molecule has 0 saturated heterocycles. The molecule has 0 bridgehead atoms. The average Bonchev–Trinajstić information content (AvgIpc) is 2.91. The third kappa shape index (κ3) is 2.93. The SMILES string of the molecule is CCN(Cc1ccco1)C(=O)c1cc(N)cnc1C. The van der Waals surface area contributed by atoms with Gasteiger partial charge < -0.3 is 15.1 Å². The van der Waals surface area contributed by atoms with E-state index in [-0.39, 0.29) is 5.91 Å². The molecule has 2 N–H and O–H groups in total. The highest BCUT2D eigenvalue weighted by Crippen LogP contribution is 2.14. The number of anilines is 1. The largest absolute Gasteiger partial charge is 0.467 e. The van der Waals surface area contributed by atoms with E-state index in [0.29, 0.717) is 30.0 Å². The van der Waals surface area contributed by atoms with Gasteiger partial charge in [-0.15, -0.1) is 0 Å². The Morgan fingerprint density at radius 1 is 1.53 bits per heavy atom. The summed E-state index contributed by atoms with van der Waals surface area (Å²) in [5.41, 5.74) is 7.39. The number of aromatic nitrogens is 1. The van der Waals surface area contributed by atoms with Gasteiger partial charge in [-0.1, -0.05) is 0 Å². The van der Waals surface area contributed by atoms with Crippen molar-refractivity contribution >= 4 is 11.6 Å². The molecule has 2 aromatic rings. The first kappa shape index (κ1) is 13.1. The van der Waals surface area contributed by atoms with E-state index in [1.165, 1.54) is 0 Å². The number of nitrogens with two attached hydrogens (primary N) is 1. The van der Waals surface area contributed by atoms with Gasteiger partial charge in [0.1, 0.15) is 5.76 Å². The summed E-state index contributed by atoms with van der Waals surface area (Å²) in [5, 5.41) is 0. The van der Waals surface area contributed by atoms with E-state index in [9.17, 15) is 4.79 Å². The second-order valence-corrected chi connectivity index (χ2v) is 4.30. The van der Waals surface area contributed by atoms with Gasteiger partial charge in [-0.25, -0.2) is 0 Å². The van der Waals surface area contributed by atoms with Gasteiger partial charge in [-0.2, -0.15) is 0 Å². The van der Waals surface area contributed by atoms with Crippen LogP contribution in [-0.2, 0) is 6.54 Å². The van der Waals surface area contributed by atoms with Crippen molar-refractivity contribution in [3.63, 3.8) is 0 Å². The van der Waals surface area contributed by atoms with Crippen molar-refractivity contribution in [2.24, 2.45) is 0 Å². The van der Waals surface area contributed by atoms with E-state index >= 15 is 0 Å². The van der Waals surface area contributed by atoms with Gasteiger partial charge in [0.05, 0.1) is 35.9 Å². The van der Waals surface area contributed by atoms with Crippen LogP contribution in [0.5, 0.6) is 0 Å². The lowest BCUT2D eigenvalue weighted by Gasteiger charge is -2.20. The lowest BCUT2D eigenvalue weighted by molar-refractivity contribution is 0.0740. The molecular formula is C14H17N3O2. The maximum atomic E-state index is 12.5. The lowest BCUT2D eigenvalue weighted by atomic mass is 10.1. The minimum atomic E-state index is -0.0869. The Morgan fingerprint density at radius 2 is 2.32 bits per heavy atom. The predicted octanol–water partition coefficient (Wildman–Crippen LogP) is 2.23. The number of carbonyl (C=O) groups excluding carboxylic acids is 1. The molecule has 0 unspecified atom stereocenters. The summed E-state index contributed by atoms with van der Waals surface area (Å²) in [6.45, 7) is 4.76. The quantitative estimate of drug-likeness (QED) is 0.913. The maximum Gasteiger partial charge on any atom is 0.256 e. The summed E-state index contributed by atoms with van der Waals surface area (Å²) in [6, 6.07) is 5.32. The molecule has 5 heteroatoms. The Morgan fingerprint density at radius 3 is 2.95 bits per heavy atom. The first-order chi connectivity index (χ1) is 9.11. The molecule has 100 valence electrons. The van der Waals surface area contributed by atoms with E-state index in [1.54, 1.807) is 36.4 Å². The van der Waals surface area contributed by atoms with E-state index in [4.69, 9.17) is 10.2 Å². The van der Waals surface area contributed by atoms with E-state index in [2.05, 4.69) is 4.98 Å². The van der Waals surface area contributed by atoms with Gasteiger partial charge in [0, 0.05) is 6.54 Å². The van der Waals surface area contributed by atoms with Crippen LogP contribution in [0, 0.1) is 6.92 Å². The number of aryl methyl sites for hydroxylation is 1. The van der Waals surface area contributed by atoms with Gasteiger partial charge >= 0.3 is 0 Å². The molecule has 2 rings (SSSR count). The zero-order chi connectivity index (χ0) is 13.8. The van der Waals surface area contributed by atoms with Gasteiger partial charge in [-0.3, -0.25) is 9.78 Å². The predicted molar refractivity (Wildman–Crippen MR) is 72.5 cm³/mol. The van der Waals surface area contributed by atoms with E-state index in [0.717, 1.165) is 5.76 Å². The first-order valence-corrected chi connectivity index (χ1v) is 6.15. The lowest BCUT2D eigenvalue weighted by Crippen LogP contribution is -2.31. The summed E-state index contributed by atoms with van der Waals surface area (Å²) in [6.07, 6.45) is 3.15. The van der Waals surface area contributed by atoms with Crippen LogP contribution >= 0.6 is 0 Å². The summed E-state index contributed by atoms with van der Waals surface area (Å²) in [7, 11) is 0. The molecule has 0 atom stereocenters. The van der Waals surface area contributed by atoms with Crippen LogP contribution in [0.4, 0.5) is 5.69 Å². The normalized spacial score (nSPS) is 10.4. The number of carbonyl (C=O) groups is 1. The van der Waals surface area contributed by atoms with Crippen molar-refractivity contribution < 1.29 is 9.21 Å². The fraction of sp³-hybridized carbons (Fsp3) is 0.286. The maximum absolute atomic E-state index is 12.5. The molecule has 0 aliphatic carbocycles. The van der Waals surface area contributed by atoms with Crippen molar-refractivity contribution in [2.45, 2.75) is 20.4 Å². The molecule has 0 saturated carbocycles. The molecular weight excluding hydrogens is 242 g/mol. The minimum absolute atomic E-state index is 0.0869. The van der Waals surface area contributed by atoms with Gasteiger partial charge in [0.2, 0.25) is 0 Å². The number of nitrogen functional groups attached to an aromatic ring is 1. The number of amides is 1. The van der Waals surface area contributed by atoms with Crippen LogP contribution in [0.2, 0.25) is 0 Å². The molecule has 2 heterocycles. The summed E-state index contributed by atoms with van der Waals surface area (Å²) >= 11 is 0. The molecule has 0 radical (unpaired) electrons. The third-order valence-corrected chi connectivity index (χ3v) is 2.93. The van der Waals surface area contributed by atoms with Crippen molar-refractivity contribution in [3.8, 4) is 0 Å². The molecule has 2 aromatic heterocycles. The van der Waals surface area contributed by atoms with Crippen molar-refractivity contribution in [3.05, 3.63) is 47.7 Å². The molecule has 0 aliphatic heterocycles. The summed E-state index contributed by atoms with van der Waals surface area (Å²) in [5.74, 6) is 0.668. The van der Waals surface area contributed by atoms with Crippen LogP contribution in [0.3, 0.4) is 0 Å². The molecule has 0 aromatic carbocycles. The van der Waals surface area contributed by atoms with Crippen LogP contribution < -0.4 is 5.73 Å². The number of hydrogen-bond acceptors (Lipinski definition) is 4. The Kier molecular flexibility index (Phi) is 3.85. The van der Waals surface area contributed by atoms with Gasteiger partial charge in [0.25, 0.3) is 5.91 Å². The molecule has 0 fully saturated rings. The number of nitrogens with zero attached hydrogens (tertiary/aromatic N) is 2. The van der Waals surface area contributed by atoms with Crippen LogP contribution in [0.1, 0.15) is 28.7 Å². The van der Waals surface area contributed by atoms with Gasteiger partial charge in [-0.05, 0) is 32.0 Å². The second-order valence-electron chi connectivity index (χ2n) is 4.30. The number of furan rings is 1.